The number of hydrogen-bond acceptors (Lipinski definition) is 0. The first-order valence-electron chi connectivity index (χ1n) is 6.61. The maximum atomic E-state index is 4.89. The third-order valence-corrected chi connectivity index (χ3v) is 2.90. The van der Waals surface area contributed by atoms with E-state index in [-0.39, 0.29) is 0 Å². The number of halogens is 2. The molecule has 0 spiro atoms. The van der Waals surface area contributed by atoms with Gasteiger partial charge in [0, 0.05) is 0 Å². The van der Waals surface area contributed by atoms with Crippen LogP contribution in [0.5, 0.6) is 0 Å². The molecule has 2 aromatic carbocycles. The zero-order valence-electron chi connectivity index (χ0n) is 12.2. The van der Waals surface area contributed by atoms with E-state index in [9.17, 15) is 0 Å². The van der Waals surface area contributed by atoms with Crippen molar-refractivity contribution < 1.29 is 17.0 Å². The Balaban J connectivity index is 0.000000677. The Kier molecular flexibility index (Phi) is 9.61. The number of rotatable bonds is 5. The second-order valence-electron chi connectivity index (χ2n) is 4.41. The molecule has 2 aromatic rings. The van der Waals surface area contributed by atoms with Crippen molar-refractivity contribution in [1.29, 1.82) is 0 Å². The number of aryl methyl sites for hydroxylation is 2. The summed E-state index contributed by atoms with van der Waals surface area (Å²) in [5, 5.41) is 9.11. The standard InChI is InChI=1S/C16H18N2.2ClH.Ti/c1-13-7-3-5-9-15(13)17-11-12-18-16-10-6-4-8-14(16)2;;;/h3-10H,11-12H2,1-2H3;2*1H;/q-2;;;+2/p-2. The molecule has 0 aliphatic heterocycles. The van der Waals surface area contributed by atoms with Gasteiger partial charge in [-0.25, -0.2) is 0 Å². The Bertz CT molecular complexity index is 488. The fraction of sp³-hybridized carbons (Fsp3) is 0.250. The van der Waals surface area contributed by atoms with Crippen LogP contribution in [0.25, 0.3) is 10.6 Å². The van der Waals surface area contributed by atoms with Crippen molar-refractivity contribution in [2.75, 3.05) is 13.1 Å². The molecule has 21 heavy (non-hydrogen) atoms. The van der Waals surface area contributed by atoms with Crippen molar-refractivity contribution in [3.63, 3.8) is 0 Å². The van der Waals surface area contributed by atoms with Crippen LogP contribution in [0.4, 0.5) is 11.4 Å². The second kappa shape index (κ2) is 11.0. The number of nitrogens with zero attached hydrogens (tertiary/aromatic N) is 2. The van der Waals surface area contributed by atoms with Gasteiger partial charge in [-0.15, -0.1) is 24.5 Å². The summed E-state index contributed by atoms with van der Waals surface area (Å²) in [6.45, 7) is 5.63. The van der Waals surface area contributed by atoms with Gasteiger partial charge in [-0.3, -0.25) is 0 Å². The first-order valence-corrected chi connectivity index (χ1v) is 10.9. The average molecular weight is 357 g/mol. The fourth-order valence-electron chi connectivity index (χ4n) is 1.82. The summed E-state index contributed by atoms with van der Waals surface area (Å²) in [6, 6.07) is 16.4. The van der Waals surface area contributed by atoms with Gasteiger partial charge < -0.3 is 10.6 Å². The summed E-state index contributed by atoms with van der Waals surface area (Å²) >= 11 is -0.556. The summed E-state index contributed by atoms with van der Waals surface area (Å²) in [4.78, 5) is 0. The topological polar surface area (TPSA) is 28.2 Å². The monoisotopic (exact) mass is 356 g/mol. The van der Waals surface area contributed by atoms with Crippen LogP contribution in [-0.4, -0.2) is 13.1 Å². The van der Waals surface area contributed by atoms with Crippen molar-refractivity contribution >= 4 is 30.0 Å². The third-order valence-electron chi connectivity index (χ3n) is 2.90. The van der Waals surface area contributed by atoms with Crippen molar-refractivity contribution in [2.24, 2.45) is 0 Å². The molecule has 0 saturated heterocycles. The van der Waals surface area contributed by atoms with Crippen LogP contribution in [0.3, 0.4) is 0 Å². The number of benzene rings is 2. The fourth-order valence-corrected chi connectivity index (χ4v) is 1.82. The van der Waals surface area contributed by atoms with Gasteiger partial charge in [-0.05, 0) is 13.8 Å². The predicted octanol–water partition coefficient (Wildman–Crippen LogP) is 6.39. The summed E-state index contributed by atoms with van der Waals surface area (Å²) < 4.78 is 0. The molecule has 5 heteroatoms. The molecule has 0 aliphatic rings. The zero-order chi connectivity index (χ0) is 15.5. The van der Waals surface area contributed by atoms with Gasteiger partial charge in [0.25, 0.3) is 0 Å². The molecule has 0 heterocycles. The molecule has 0 bridgehead atoms. The third kappa shape index (κ3) is 7.24. The minimum atomic E-state index is -0.556. The zero-order valence-corrected chi connectivity index (χ0v) is 15.3. The van der Waals surface area contributed by atoms with E-state index in [2.05, 4.69) is 36.6 Å². The van der Waals surface area contributed by atoms with Gasteiger partial charge in [-0.1, -0.05) is 59.7 Å². The van der Waals surface area contributed by atoms with Gasteiger partial charge in [0.2, 0.25) is 0 Å². The molecule has 2 nitrogen and oxygen atoms in total. The van der Waals surface area contributed by atoms with Crippen LogP contribution in [0.15, 0.2) is 48.5 Å². The van der Waals surface area contributed by atoms with E-state index < -0.39 is 17.0 Å². The predicted molar refractivity (Wildman–Crippen MR) is 89.8 cm³/mol. The minimum absolute atomic E-state index is 0.556. The van der Waals surface area contributed by atoms with Crippen LogP contribution < -0.4 is 0 Å². The van der Waals surface area contributed by atoms with E-state index in [4.69, 9.17) is 18.6 Å². The average Bonchev–Trinajstić information content (AvgIpc) is 2.48. The molecular weight excluding hydrogens is 339 g/mol. The van der Waals surface area contributed by atoms with E-state index in [1.165, 1.54) is 11.1 Å². The Morgan fingerprint density at radius 3 is 1.43 bits per heavy atom. The number of hydrogen-bond donors (Lipinski definition) is 0. The molecule has 0 aromatic heterocycles. The van der Waals surface area contributed by atoms with Gasteiger partial charge >= 0.3 is 35.6 Å². The van der Waals surface area contributed by atoms with Crippen LogP contribution in [0.2, 0.25) is 0 Å². The van der Waals surface area contributed by atoms with Gasteiger partial charge in [-0.2, -0.15) is 0 Å². The summed E-state index contributed by atoms with van der Waals surface area (Å²) in [7, 11) is 9.78. The molecular formula is C16H18Cl2N2Ti-2. The molecule has 2 rings (SSSR count). The first-order chi connectivity index (χ1) is 10.2. The van der Waals surface area contributed by atoms with Crippen molar-refractivity contribution in [3.8, 4) is 0 Å². The second-order valence-corrected chi connectivity index (χ2v) is 6.99. The summed E-state index contributed by atoms with van der Waals surface area (Å²) in [5.41, 5.74) is 4.57. The first kappa shape index (κ1) is 18.4. The summed E-state index contributed by atoms with van der Waals surface area (Å²) in [5.74, 6) is 0. The van der Waals surface area contributed by atoms with E-state index in [0.29, 0.717) is 0 Å². The van der Waals surface area contributed by atoms with E-state index >= 15 is 0 Å². The van der Waals surface area contributed by atoms with Crippen LogP contribution in [0, 0.1) is 13.8 Å². The molecule has 112 valence electrons. The molecule has 0 saturated carbocycles. The quantitative estimate of drug-likeness (QED) is 0.438. The van der Waals surface area contributed by atoms with Crippen molar-refractivity contribution in [1.82, 2.24) is 0 Å². The normalized spacial score (nSPS) is 9.33. The SMILES string of the molecule is Cc1ccccc1[N-]CC[N-]c1ccccc1C.[Cl][Ti][Cl]. The molecule has 0 fully saturated rings. The Morgan fingerprint density at radius 2 is 1.10 bits per heavy atom. The summed E-state index contributed by atoms with van der Waals surface area (Å²) in [6.07, 6.45) is 0. The van der Waals surface area contributed by atoms with Gasteiger partial charge in [0.05, 0.1) is 0 Å². The Labute approximate surface area is 143 Å². The Hall–Kier alpha value is -0.666. The molecule has 0 N–H and O–H groups in total. The maximum absolute atomic E-state index is 4.89. The Morgan fingerprint density at radius 1 is 0.762 bits per heavy atom. The molecule has 0 atom stereocenters. The molecule has 0 aliphatic carbocycles. The van der Waals surface area contributed by atoms with Crippen LogP contribution >= 0.6 is 18.6 Å². The van der Waals surface area contributed by atoms with E-state index in [0.717, 1.165) is 24.5 Å². The van der Waals surface area contributed by atoms with Crippen LogP contribution in [-0.2, 0) is 17.0 Å². The van der Waals surface area contributed by atoms with E-state index in [1.54, 1.807) is 0 Å². The molecule has 0 unspecified atom stereocenters. The number of para-hydroxylation sites is 2. The van der Waals surface area contributed by atoms with Gasteiger partial charge in [0.15, 0.2) is 0 Å². The van der Waals surface area contributed by atoms with Crippen LogP contribution in [0.1, 0.15) is 11.1 Å². The van der Waals surface area contributed by atoms with Crippen molar-refractivity contribution in [3.05, 3.63) is 70.3 Å². The molecule has 0 radical (unpaired) electrons. The van der Waals surface area contributed by atoms with Gasteiger partial charge in [0.1, 0.15) is 0 Å². The van der Waals surface area contributed by atoms with E-state index in [1.807, 2.05) is 36.4 Å². The molecule has 0 amide bonds. The van der Waals surface area contributed by atoms with Crippen molar-refractivity contribution in [2.45, 2.75) is 13.8 Å².